The molecule has 0 aromatic heterocycles. The van der Waals surface area contributed by atoms with Crippen LogP contribution < -0.4 is 24.8 Å². The Morgan fingerprint density at radius 3 is 2.08 bits per heavy atom. The third-order valence-corrected chi connectivity index (χ3v) is 4.89. The summed E-state index contributed by atoms with van der Waals surface area (Å²) in [6.45, 7) is 5.80. The monoisotopic (exact) mass is 355 g/mol. The quantitative estimate of drug-likeness (QED) is 0.552. The van der Waals surface area contributed by atoms with E-state index in [1.165, 1.54) is 0 Å². The zero-order valence-electron chi connectivity index (χ0n) is 15.6. The van der Waals surface area contributed by atoms with Crippen molar-refractivity contribution in [2.45, 2.75) is 25.1 Å². The molecule has 0 radical (unpaired) electrons. The summed E-state index contributed by atoms with van der Waals surface area (Å²) in [4.78, 5) is 4.26. The van der Waals surface area contributed by atoms with E-state index in [4.69, 9.17) is 14.2 Å². The number of nitrogens with one attached hydrogen (secondary N) is 2. The molecule has 0 saturated heterocycles. The minimum absolute atomic E-state index is 0.143. The van der Waals surface area contributed by atoms with E-state index in [0.29, 0.717) is 23.8 Å². The van der Waals surface area contributed by atoms with E-state index < -0.39 is 0 Å². The van der Waals surface area contributed by atoms with Crippen molar-refractivity contribution in [3.05, 3.63) is 17.7 Å². The summed E-state index contributed by atoms with van der Waals surface area (Å²) in [7, 11) is 6.58. The molecule has 0 heterocycles. The lowest BCUT2D eigenvalue weighted by atomic mass is 10.1. The van der Waals surface area contributed by atoms with Crippen LogP contribution in [0, 0.1) is 0 Å². The summed E-state index contributed by atoms with van der Waals surface area (Å²) in [6.07, 6.45) is 2.10. The predicted molar refractivity (Wildman–Crippen MR) is 102 cm³/mol. The smallest absolute Gasteiger partial charge is 0.203 e. The molecule has 0 atom stereocenters. The van der Waals surface area contributed by atoms with Gasteiger partial charge in [-0.3, -0.25) is 4.99 Å². The Kier molecular flexibility index (Phi) is 8.04. The van der Waals surface area contributed by atoms with Crippen LogP contribution in [0.25, 0.3) is 0 Å². The maximum Gasteiger partial charge on any atom is 0.203 e. The molecule has 0 amide bonds. The van der Waals surface area contributed by atoms with E-state index in [1.807, 2.05) is 23.9 Å². The molecular formula is C17H29N3O3S. The lowest BCUT2D eigenvalue weighted by Gasteiger charge is -2.24. The standard InChI is InChI=1S/C17H29N3O3S/c1-17(2,24-7)11-20-16(18-3)19-10-12-8-13(21-4)15(23-6)14(9-12)22-5/h8-9H,10-11H2,1-7H3,(H2,18,19,20). The van der Waals surface area contributed by atoms with Crippen molar-refractivity contribution in [3.8, 4) is 17.2 Å². The Morgan fingerprint density at radius 2 is 1.67 bits per heavy atom. The highest BCUT2D eigenvalue weighted by Gasteiger charge is 2.16. The molecule has 1 rings (SSSR count). The van der Waals surface area contributed by atoms with Gasteiger partial charge in [0, 0.05) is 24.9 Å². The van der Waals surface area contributed by atoms with E-state index in [0.717, 1.165) is 18.1 Å². The highest BCUT2D eigenvalue weighted by Crippen LogP contribution is 2.38. The van der Waals surface area contributed by atoms with Gasteiger partial charge in [0.2, 0.25) is 5.75 Å². The lowest BCUT2D eigenvalue weighted by Crippen LogP contribution is -2.42. The first-order valence-electron chi connectivity index (χ1n) is 7.69. The van der Waals surface area contributed by atoms with Gasteiger partial charge in [-0.05, 0) is 37.8 Å². The molecule has 0 fully saturated rings. The molecule has 6 nitrogen and oxygen atoms in total. The zero-order chi connectivity index (χ0) is 18.2. The number of methoxy groups -OCH3 is 3. The number of hydrogen-bond donors (Lipinski definition) is 2. The van der Waals surface area contributed by atoms with Gasteiger partial charge in [-0.1, -0.05) is 0 Å². The van der Waals surface area contributed by atoms with Crippen molar-refractivity contribution in [1.82, 2.24) is 10.6 Å². The molecular weight excluding hydrogens is 326 g/mol. The van der Waals surface area contributed by atoms with Crippen molar-refractivity contribution < 1.29 is 14.2 Å². The normalized spacial score (nSPS) is 11.9. The predicted octanol–water partition coefficient (Wildman–Crippen LogP) is 2.52. The third kappa shape index (κ3) is 5.70. The maximum atomic E-state index is 5.38. The topological polar surface area (TPSA) is 64.1 Å². The largest absolute Gasteiger partial charge is 0.493 e. The summed E-state index contributed by atoms with van der Waals surface area (Å²) >= 11 is 1.82. The van der Waals surface area contributed by atoms with Gasteiger partial charge in [0.05, 0.1) is 21.3 Å². The highest BCUT2D eigenvalue weighted by molar-refractivity contribution is 7.99. The van der Waals surface area contributed by atoms with Crippen molar-refractivity contribution in [3.63, 3.8) is 0 Å². The van der Waals surface area contributed by atoms with E-state index in [2.05, 4.69) is 35.7 Å². The highest BCUT2D eigenvalue weighted by atomic mass is 32.2. The molecule has 24 heavy (non-hydrogen) atoms. The fraction of sp³-hybridized carbons (Fsp3) is 0.588. The van der Waals surface area contributed by atoms with Crippen LogP contribution in [0.5, 0.6) is 17.2 Å². The minimum Gasteiger partial charge on any atom is -0.493 e. The summed E-state index contributed by atoms with van der Waals surface area (Å²) in [5.41, 5.74) is 1.01. The fourth-order valence-corrected chi connectivity index (χ4v) is 2.23. The third-order valence-electron chi connectivity index (χ3n) is 3.64. The molecule has 7 heteroatoms. The van der Waals surface area contributed by atoms with Gasteiger partial charge in [0.25, 0.3) is 0 Å². The van der Waals surface area contributed by atoms with E-state index in [1.54, 1.807) is 28.4 Å². The number of rotatable bonds is 8. The van der Waals surface area contributed by atoms with Crippen LogP contribution in [-0.4, -0.2) is 51.9 Å². The van der Waals surface area contributed by atoms with Crippen molar-refractivity contribution in [2.75, 3.05) is 41.2 Å². The summed E-state index contributed by atoms with van der Waals surface area (Å²) in [5, 5.41) is 6.64. The second-order valence-electron chi connectivity index (χ2n) is 5.78. The summed E-state index contributed by atoms with van der Waals surface area (Å²) in [6, 6.07) is 3.85. The SMILES string of the molecule is CN=C(NCc1cc(OC)c(OC)c(OC)c1)NCC(C)(C)SC. The van der Waals surface area contributed by atoms with Crippen LogP contribution in [0.15, 0.2) is 17.1 Å². The van der Waals surface area contributed by atoms with Crippen LogP contribution in [0.1, 0.15) is 19.4 Å². The van der Waals surface area contributed by atoms with Gasteiger partial charge >= 0.3 is 0 Å². The summed E-state index contributed by atoms with van der Waals surface area (Å²) in [5.74, 6) is 2.62. The fourth-order valence-electron chi connectivity index (χ4n) is 2.01. The Morgan fingerprint density at radius 1 is 1.08 bits per heavy atom. The molecule has 136 valence electrons. The lowest BCUT2D eigenvalue weighted by molar-refractivity contribution is 0.323. The number of guanidine groups is 1. The van der Waals surface area contributed by atoms with Crippen LogP contribution in [0.3, 0.4) is 0 Å². The van der Waals surface area contributed by atoms with E-state index in [-0.39, 0.29) is 4.75 Å². The van der Waals surface area contributed by atoms with Gasteiger partial charge in [-0.25, -0.2) is 0 Å². The van der Waals surface area contributed by atoms with E-state index in [9.17, 15) is 0 Å². The number of aliphatic imine (C=N–C) groups is 1. The van der Waals surface area contributed by atoms with Crippen LogP contribution in [-0.2, 0) is 6.54 Å². The molecule has 0 bridgehead atoms. The second-order valence-corrected chi connectivity index (χ2v) is 7.29. The Labute approximate surface area is 149 Å². The Hall–Kier alpha value is -1.76. The first-order chi connectivity index (χ1) is 11.4. The Balaban J connectivity index is 2.78. The number of nitrogens with zero attached hydrogens (tertiary/aromatic N) is 1. The number of hydrogen-bond acceptors (Lipinski definition) is 5. The van der Waals surface area contributed by atoms with E-state index >= 15 is 0 Å². The second kappa shape index (κ2) is 9.52. The first kappa shape index (κ1) is 20.3. The summed E-state index contributed by atoms with van der Waals surface area (Å²) < 4.78 is 16.2. The van der Waals surface area contributed by atoms with Gasteiger partial charge in [-0.2, -0.15) is 11.8 Å². The zero-order valence-corrected chi connectivity index (χ0v) is 16.5. The molecule has 0 aliphatic rings. The average Bonchev–Trinajstić information content (AvgIpc) is 2.60. The number of ether oxygens (including phenoxy) is 3. The van der Waals surface area contributed by atoms with Gasteiger partial charge in [0.1, 0.15) is 0 Å². The molecule has 0 saturated carbocycles. The van der Waals surface area contributed by atoms with Crippen LogP contribution in [0.4, 0.5) is 0 Å². The molecule has 0 aliphatic carbocycles. The van der Waals surface area contributed by atoms with Crippen LogP contribution in [0.2, 0.25) is 0 Å². The molecule has 1 aromatic carbocycles. The van der Waals surface area contributed by atoms with Crippen molar-refractivity contribution in [1.29, 1.82) is 0 Å². The molecule has 2 N–H and O–H groups in total. The maximum absolute atomic E-state index is 5.38. The van der Waals surface area contributed by atoms with Gasteiger partial charge < -0.3 is 24.8 Å². The molecule has 0 aliphatic heterocycles. The van der Waals surface area contributed by atoms with Gasteiger partial charge in [-0.15, -0.1) is 0 Å². The van der Waals surface area contributed by atoms with Crippen molar-refractivity contribution in [2.24, 2.45) is 4.99 Å². The molecule has 0 unspecified atom stereocenters. The minimum atomic E-state index is 0.143. The Bertz CT molecular complexity index is 537. The van der Waals surface area contributed by atoms with Crippen LogP contribution >= 0.6 is 11.8 Å². The number of benzene rings is 1. The first-order valence-corrected chi connectivity index (χ1v) is 8.91. The number of thioether (sulfide) groups is 1. The molecule has 1 aromatic rings. The van der Waals surface area contributed by atoms with Crippen molar-refractivity contribution >= 4 is 17.7 Å². The average molecular weight is 356 g/mol. The molecule has 0 spiro atoms. The van der Waals surface area contributed by atoms with Gasteiger partial charge in [0.15, 0.2) is 17.5 Å².